The lowest BCUT2D eigenvalue weighted by Gasteiger charge is -2.36. The molecule has 1 unspecified atom stereocenters. The number of hydrogen-bond donors (Lipinski definition) is 4. The quantitative estimate of drug-likeness (QED) is 0.156. The summed E-state index contributed by atoms with van der Waals surface area (Å²) in [6.07, 6.45) is 11.1. The second-order valence-corrected chi connectivity index (χ2v) is 16.2. The van der Waals surface area contributed by atoms with Crippen LogP contribution in [0.2, 0.25) is 0 Å². The van der Waals surface area contributed by atoms with Gasteiger partial charge in [-0.15, -0.1) is 0 Å². The Morgan fingerprint density at radius 3 is 2.27 bits per heavy atom. The fourth-order valence-electron chi connectivity index (χ4n) is 8.34. The molecule has 12 nitrogen and oxygen atoms in total. The molecule has 1 saturated carbocycles. The van der Waals surface area contributed by atoms with Gasteiger partial charge < -0.3 is 40.0 Å². The van der Waals surface area contributed by atoms with Gasteiger partial charge in [0.05, 0.1) is 35.9 Å². The summed E-state index contributed by atoms with van der Waals surface area (Å²) in [5.41, 5.74) is 1.74. The Kier molecular flexibility index (Phi) is 14.0. The second-order valence-electron chi connectivity index (χ2n) is 16.2. The molecule has 6 atom stereocenters. The van der Waals surface area contributed by atoms with Crippen LogP contribution in [-0.2, 0) is 31.9 Å². The number of piperidine rings is 1. The zero-order valence-corrected chi connectivity index (χ0v) is 32.7. The van der Waals surface area contributed by atoms with Gasteiger partial charge in [-0.3, -0.25) is 9.59 Å². The third-order valence-corrected chi connectivity index (χ3v) is 11.7. The van der Waals surface area contributed by atoms with Crippen LogP contribution in [-0.4, -0.2) is 98.8 Å². The number of amides is 4. The van der Waals surface area contributed by atoms with Gasteiger partial charge in [0.15, 0.2) is 6.29 Å². The fourth-order valence-corrected chi connectivity index (χ4v) is 8.34. The molecule has 3 fully saturated rings. The van der Waals surface area contributed by atoms with Crippen molar-refractivity contribution in [2.45, 2.75) is 133 Å². The molecule has 4 N–H and O–H groups in total. The Bertz CT molecular complexity index is 1640. The van der Waals surface area contributed by atoms with Gasteiger partial charge in [-0.2, -0.15) is 0 Å². The number of likely N-dealkylation sites (tertiary alicyclic amines) is 1. The number of H-pyrrole nitrogens is 1. The minimum atomic E-state index is -0.966. The highest BCUT2D eigenvalue weighted by Crippen LogP contribution is 2.40. The maximum atomic E-state index is 14.6. The standard InChI is InChI=1S/C43H60N6O6/c1-43(2)38(54-41(55-43)32-20-12-6-13-21-32)27-37(50)34(24-30-16-8-4-9-17-30)46-39(51)36(26-33-28-44-29-45-33)48(3)40(52)35(25-31-18-10-5-11-19-31)47-42(53)49-22-14-7-15-23-49/h5-6,10-13,18-21,28-30,34-38,41,50H,4,7-9,14-17,22-27H2,1-3H3,(H,44,45)(H,46,51)(H,47,53)/t34-,35-,36-,37-,38-,41?/m0/s1. The maximum Gasteiger partial charge on any atom is 0.318 e. The first-order chi connectivity index (χ1) is 26.6. The van der Waals surface area contributed by atoms with Crippen molar-refractivity contribution >= 4 is 17.8 Å². The van der Waals surface area contributed by atoms with Gasteiger partial charge in [-0.05, 0) is 51.0 Å². The van der Waals surface area contributed by atoms with E-state index in [0.717, 1.165) is 56.1 Å². The fraction of sp³-hybridized carbons (Fsp3) is 0.581. The molecular weight excluding hydrogens is 697 g/mol. The number of aromatic nitrogens is 2. The van der Waals surface area contributed by atoms with Crippen LogP contribution in [0.15, 0.2) is 73.2 Å². The van der Waals surface area contributed by atoms with Gasteiger partial charge in [0.2, 0.25) is 11.8 Å². The number of likely N-dealkylation sites (N-methyl/N-ethyl adjacent to an activating group) is 1. The number of hydrogen-bond acceptors (Lipinski definition) is 7. The molecule has 2 aromatic carbocycles. The van der Waals surface area contributed by atoms with Crippen LogP contribution in [0.3, 0.4) is 0 Å². The van der Waals surface area contributed by atoms with Crippen molar-refractivity contribution in [1.29, 1.82) is 0 Å². The predicted octanol–water partition coefficient (Wildman–Crippen LogP) is 5.69. The number of nitrogens with one attached hydrogen (secondary N) is 3. The van der Waals surface area contributed by atoms with Crippen LogP contribution in [0.1, 0.15) is 101 Å². The number of aliphatic hydroxyl groups excluding tert-OH is 1. The highest BCUT2D eigenvalue weighted by Gasteiger charge is 2.45. The largest absolute Gasteiger partial charge is 0.391 e. The summed E-state index contributed by atoms with van der Waals surface area (Å²) in [6, 6.07) is 16.6. The topological polar surface area (TPSA) is 149 Å². The lowest BCUT2D eigenvalue weighted by atomic mass is 9.82. The average molecular weight is 757 g/mol. The summed E-state index contributed by atoms with van der Waals surface area (Å²) in [6.45, 7) is 5.23. The number of aromatic amines is 1. The van der Waals surface area contributed by atoms with Crippen molar-refractivity contribution in [3.63, 3.8) is 0 Å². The monoisotopic (exact) mass is 756 g/mol. The summed E-state index contributed by atoms with van der Waals surface area (Å²) >= 11 is 0. The van der Waals surface area contributed by atoms with Crippen LogP contribution in [0.4, 0.5) is 4.79 Å². The zero-order chi connectivity index (χ0) is 38.8. The lowest BCUT2D eigenvalue weighted by Crippen LogP contribution is -2.59. The molecule has 3 aromatic rings. The third-order valence-electron chi connectivity index (χ3n) is 11.7. The molecule has 55 heavy (non-hydrogen) atoms. The van der Waals surface area contributed by atoms with E-state index in [0.29, 0.717) is 31.1 Å². The molecule has 4 amide bonds. The molecule has 12 heteroatoms. The van der Waals surface area contributed by atoms with Crippen LogP contribution in [0, 0.1) is 5.92 Å². The number of carbonyl (C=O) groups excluding carboxylic acids is 3. The molecular formula is C43H60N6O6. The number of aliphatic hydroxyl groups is 1. The number of nitrogens with zero attached hydrogens (tertiary/aromatic N) is 3. The predicted molar refractivity (Wildman–Crippen MR) is 210 cm³/mol. The first-order valence-corrected chi connectivity index (χ1v) is 20.3. The Hall–Kier alpha value is -4.26. The van der Waals surface area contributed by atoms with Crippen molar-refractivity contribution in [1.82, 2.24) is 30.4 Å². The summed E-state index contributed by atoms with van der Waals surface area (Å²) in [5.74, 6) is -0.409. The summed E-state index contributed by atoms with van der Waals surface area (Å²) in [7, 11) is 1.62. The van der Waals surface area contributed by atoms with Crippen LogP contribution >= 0.6 is 0 Å². The molecule has 0 radical (unpaired) electrons. The molecule has 2 aliphatic heterocycles. The highest BCUT2D eigenvalue weighted by molar-refractivity contribution is 5.92. The molecule has 2 saturated heterocycles. The number of imidazole rings is 1. The highest BCUT2D eigenvalue weighted by atomic mass is 16.7. The zero-order valence-electron chi connectivity index (χ0n) is 32.7. The molecule has 1 aliphatic carbocycles. The number of benzene rings is 2. The summed E-state index contributed by atoms with van der Waals surface area (Å²) < 4.78 is 12.8. The Labute approximate surface area is 325 Å². The molecule has 0 bridgehead atoms. The van der Waals surface area contributed by atoms with Crippen LogP contribution in [0.25, 0.3) is 0 Å². The SMILES string of the molecule is CN(C(=O)[C@H](Cc1ccccc1)NC(=O)N1CCCCC1)[C@@H](Cc1c[nH]cn1)C(=O)N[C@@H](CC1CCCCC1)[C@@H](O)C[C@@H]1OC(c2ccccc2)OC1(C)C. The lowest BCUT2D eigenvalue weighted by molar-refractivity contribution is -0.141. The Balaban J connectivity index is 1.22. The van der Waals surface area contributed by atoms with E-state index in [-0.39, 0.29) is 37.1 Å². The molecule has 3 aliphatic rings. The first kappa shape index (κ1) is 40.4. The van der Waals surface area contributed by atoms with E-state index in [2.05, 4.69) is 20.6 Å². The van der Waals surface area contributed by atoms with E-state index < -0.39 is 42.2 Å². The van der Waals surface area contributed by atoms with Crippen molar-refractivity contribution in [2.24, 2.45) is 5.92 Å². The Morgan fingerprint density at radius 1 is 0.927 bits per heavy atom. The number of urea groups is 1. The maximum absolute atomic E-state index is 14.6. The smallest absolute Gasteiger partial charge is 0.318 e. The van der Waals surface area contributed by atoms with Gasteiger partial charge >= 0.3 is 6.03 Å². The number of rotatable bonds is 15. The van der Waals surface area contributed by atoms with E-state index in [9.17, 15) is 19.5 Å². The summed E-state index contributed by atoms with van der Waals surface area (Å²) in [5, 5.41) is 18.2. The van der Waals surface area contributed by atoms with E-state index in [1.807, 2.05) is 74.5 Å². The third kappa shape index (κ3) is 11.0. The summed E-state index contributed by atoms with van der Waals surface area (Å²) in [4.78, 5) is 53.2. The van der Waals surface area contributed by atoms with Gasteiger partial charge in [-0.1, -0.05) is 92.8 Å². The second kappa shape index (κ2) is 19.1. The van der Waals surface area contributed by atoms with Crippen molar-refractivity contribution < 1.29 is 29.0 Å². The van der Waals surface area contributed by atoms with Gasteiger partial charge in [0.1, 0.15) is 12.1 Å². The van der Waals surface area contributed by atoms with Crippen molar-refractivity contribution in [3.05, 3.63) is 90.0 Å². The first-order valence-electron chi connectivity index (χ1n) is 20.3. The number of ether oxygens (including phenoxy) is 2. The molecule has 298 valence electrons. The van der Waals surface area contributed by atoms with E-state index in [1.165, 1.54) is 11.3 Å². The Morgan fingerprint density at radius 2 is 1.60 bits per heavy atom. The van der Waals surface area contributed by atoms with Crippen molar-refractivity contribution in [3.8, 4) is 0 Å². The minimum absolute atomic E-state index is 0.146. The van der Waals surface area contributed by atoms with Crippen LogP contribution in [0.5, 0.6) is 0 Å². The van der Waals surface area contributed by atoms with Gasteiger partial charge in [-0.25, -0.2) is 9.78 Å². The van der Waals surface area contributed by atoms with E-state index >= 15 is 0 Å². The van der Waals surface area contributed by atoms with Gasteiger partial charge in [0.25, 0.3) is 0 Å². The molecule has 0 spiro atoms. The van der Waals surface area contributed by atoms with Crippen molar-refractivity contribution in [2.75, 3.05) is 20.1 Å². The van der Waals surface area contributed by atoms with E-state index in [1.54, 1.807) is 24.5 Å². The minimum Gasteiger partial charge on any atom is -0.391 e. The average Bonchev–Trinajstić information content (AvgIpc) is 3.83. The number of carbonyl (C=O) groups is 3. The molecule has 3 heterocycles. The van der Waals surface area contributed by atoms with E-state index in [4.69, 9.17) is 9.47 Å². The normalized spacial score (nSPS) is 22.3. The molecule has 6 rings (SSSR count). The molecule has 1 aromatic heterocycles. The van der Waals surface area contributed by atoms with Gasteiger partial charge in [0, 0.05) is 51.2 Å². The van der Waals surface area contributed by atoms with Crippen LogP contribution < -0.4 is 10.6 Å².